The molecule has 41 heavy (non-hydrogen) atoms. The highest BCUT2D eigenvalue weighted by Crippen LogP contribution is 2.24. The van der Waals surface area contributed by atoms with Crippen molar-refractivity contribution in [3.8, 4) is 0 Å². The van der Waals surface area contributed by atoms with Gasteiger partial charge in [-0.15, -0.1) is 0 Å². The zero-order valence-electron chi connectivity index (χ0n) is 25.8. The van der Waals surface area contributed by atoms with Crippen LogP contribution in [0.15, 0.2) is 42.5 Å². The van der Waals surface area contributed by atoms with Gasteiger partial charge in [0.05, 0.1) is 11.0 Å². The van der Waals surface area contributed by atoms with Gasteiger partial charge in [0.25, 0.3) is 5.91 Å². The lowest BCUT2D eigenvalue weighted by molar-refractivity contribution is 0.0740. The summed E-state index contributed by atoms with van der Waals surface area (Å²) in [5.41, 5.74) is 4.44. The molecule has 4 rings (SSSR count). The zero-order chi connectivity index (χ0) is 29.4. The number of nitrogens with zero attached hydrogens (tertiary/aromatic N) is 4. The average Bonchev–Trinajstić information content (AvgIpc) is 3.59. The molecule has 0 bridgehead atoms. The van der Waals surface area contributed by atoms with Crippen LogP contribution in [0.4, 0.5) is 5.95 Å². The number of hydrogen-bond acceptors (Lipinski definition) is 5. The number of fused-ring (bicyclic) bond motifs is 1. The minimum Gasteiger partial charge on any atom is -0.352 e. The second kappa shape index (κ2) is 14.6. The predicted molar refractivity (Wildman–Crippen MR) is 169 cm³/mol. The van der Waals surface area contributed by atoms with E-state index in [9.17, 15) is 9.59 Å². The summed E-state index contributed by atoms with van der Waals surface area (Å²) in [6.45, 7) is 16.9. The lowest BCUT2D eigenvalue weighted by Crippen LogP contribution is -2.34. The van der Waals surface area contributed by atoms with E-state index in [0.29, 0.717) is 18.4 Å². The van der Waals surface area contributed by atoms with Crippen LogP contribution in [0, 0.1) is 11.8 Å². The fraction of sp³-hybridized carbons (Fsp3) is 0.559. The molecule has 1 saturated heterocycles. The van der Waals surface area contributed by atoms with Gasteiger partial charge < -0.3 is 19.7 Å². The molecule has 7 nitrogen and oxygen atoms in total. The molecule has 0 aliphatic carbocycles. The highest BCUT2D eigenvalue weighted by atomic mass is 16.2. The quantitative estimate of drug-likeness (QED) is 0.206. The maximum atomic E-state index is 13.8. The lowest BCUT2D eigenvalue weighted by atomic mass is 10.1. The Balaban J connectivity index is 1.58. The van der Waals surface area contributed by atoms with Crippen molar-refractivity contribution in [3.63, 3.8) is 0 Å². The standard InChI is InChI=1S/C34H49N5O2/c1-25(2)15-21-38(22-16-26(3)4)33(41)30-13-14-31-32(23-30)39(20-8-19-37-17-6-7-18-37)34(36-31)35-24-28-9-11-29(12-10-28)27(5)40/h9-14,23,25-26H,6-8,15-22,24H2,1-5H3,(H,35,36). The van der Waals surface area contributed by atoms with E-state index in [0.717, 1.165) is 79.1 Å². The Bertz CT molecular complexity index is 1280. The Morgan fingerprint density at radius 1 is 0.902 bits per heavy atom. The molecule has 1 fully saturated rings. The van der Waals surface area contributed by atoms with Gasteiger partial charge in [0.1, 0.15) is 0 Å². The number of ketones is 1. The molecule has 1 aliphatic heterocycles. The number of Topliss-reactive ketones (excluding diaryl/α,β-unsaturated/α-hetero) is 1. The van der Waals surface area contributed by atoms with E-state index in [4.69, 9.17) is 4.98 Å². The van der Waals surface area contributed by atoms with Crippen LogP contribution in [0.2, 0.25) is 0 Å². The third kappa shape index (κ3) is 8.65. The average molecular weight is 560 g/mol. The molecule has 0 atom stereocenters. The molecule has 1 aliphatic rings. The molecule has 3 aromatic rings. The summed E-state index contributed by atoms with van der Waals surface area (Å²) in [7, 11) is 0. The third-order valence-corrected chi connectivity index (χ3v) is 8.10. The maximum Gasteiger partial charge on any atom is 0.253 e. The van der Waals surface area contributed by atoms with Crippen LogP contribution in [0.25, 0.3) is 11.0 Å². The van der Waals surface area contributed by atoms with E-state index < -0.39 is 0 Å². The van der Waals surface area contributed by atoms with Gasteiger partial charge >= 0.3 is 0 Å². The molecule has 0 unspecified atom stereocenters. The molecule has 1 N–H and O–H groups in total. The second-order valence-corrected chi connectivity index (χ2v) is 12.5. The summed E-state index contributed by atoms with van der Waals surface area (Å²) in [5.74, 6) is 2.10. The number of likely N-dealkylation sites (tertiary alicyclic amines) is 1. The Hall–Kier alpha value is -3.19. The van der Waals surface area contributed by atoms with E-state index in [1.165, 1.54) is 25.9 Å². The first-order valence-corrected chi connectivity index (χ1v) is 15.6. The number of benzene rings is 2. The fourth-order valence-electron chi connectivity index (χ4n) is 5.44. The number of aromatic nitrogens is 2. The largest absolute Gasteiger partial charge is 0.352 e. The number of imidazole rings is 1. The first-order valence-electron chi connectivity index (χ1n) is 15.6. The normalized spacial score (nSPS) is 13.9. The van der Waals surface area contributed by atoms with Gasteiger partial charge in [0.2, 0.25) is 5.95 Å². The number of nitrogens with one attached hydrogen (secondary N) is 1. The number of carbonyl (C=O) groups excluding carboxylic acids is 2. The van der Waals surface area contributed by atoms with Gasteiger partial charge in [-0.05, 0) is 94.3 Å². The molecule has 1 amide bonds. The van der Waals surface area contributed by atoms with Gasteiger partial charge in [0.15, 0.2) is 5.78 Å². The van der Waals surface area contributed by atoms with Crippen LogP contribution in [0.3, 0.4) is 0 Å². The van der Waals surface area contributed by atoms with E-state index in [-0.39, 0.29) is 11.7 Å². The van der Waals surface area contributed by atoms with Crippen LogP contribution in [-0.4, -0.2) is 63.8 Å². The summed E-state index contributed by atoms with van der Waals surface area (Å²) in [5, 5.41) is 3.54. The van der Waals surface area contributed by atoms with Gasteiger partial charge in [-0.2, -0.15) is 0 Å². The monoisotopic (exact) mass is 559 g/mol. The van der Waals surface area contributed by atoms with E-state index in [1.54, 1.807) is 6.92 Å². The van der Waals surface area contributed by atoms with Crippen molar-refractivity contribution in [3.05, 3.63) is 59.2 Å². The third-order valence-electron chi connectivity index (χ3n) is 8.10. The summed E-state index contributed by atoms with van der Waals surface area (Å²) >= 11 is 0. The Kier molecular flexibility index (Phi) is 11.0. The SMILES string of the molecule is CC(=O)c1ccc(CNc2nc3ccc(C(=O)N(CCC(C)C)CCC(C)C)cc3n2CCCN2CCCC2)cc1. The van der Waals surface area contributed by atoms with Crippen LogP contribution in [0.1, 0.15) is 93.0 Å². The molecular formula is C34H49N5O2. The second-order valence-electron chi connectivity index (χ2n) is 12.5. The van der Waals surface area contributed by atoms with Crippen molar-refractivity contribution in [2.45, 2.75) is 79.8 Å². The molecular weight excluding hydrogens is 510 g/mol. The van der Waals surface area contributed by atoms with Crippen molar-refractivity contribution >= 4 is 28.7 Å². The molecule has 1 aromatic heterocycles. The Labute approximate surface area is 246 Å². The summed E-state index contributed by atoms with van der Waals surface area (Å²) in [4.78, 5) is 35.0. The minimum absolute atomic E-state index is 0.0710. The number of amides is 1. The predicted octanol–water partition coefficient (Wildman–Crippen LogP) is 6.87. The smallest absolute Gasteiger partial charge is 0.253 e. The van der Waals surface area contributed by atoms with Crippen LogP contribution in [-0.2, 0) is 13.1 Å². The summed E-state index contributed by atoms with van der Waals surface area (Å²) in [6.07, 6.45) is 5.61. The molecule has 0 spiro atoms. The van der Waals surface area contributed by atoms with Crippen molar-refractivity contribution in [1.29, 1.82) is 0 Å². The van der Waals surface area contributed by atoms with Gasteiger partial charge in [0, 0.05) is 37.3 Å². The topological polar surface area (TPSA) is 70.5 Å². The highest BCUT2D eigenvalue weighted by Gasteiger charge is 2.20. The minimum atomic E-state index is 0.0710. The summed E-state index contributed by atoms with van der Waals surface area (Å²) in [6, 6.07) is 13.7. The summed E-state index contributed by atoms with van der Waals surface area (Å²) < 4.78 is 2.25. The Morgan fingerprint density at radius 3 is 2.15 bits per heavy atom. The maximum absolute atomic E-state index is 13.8. The number of anilines is 1. The van der Waals surface area contributed by atoms with Crippen molar-refractivity contribution in [1.82, 2.24) is 19.4 Å². The number of rotatable bonds is 15. The van der Waals surface area contributed by atoms with Crippen LogP contribution < -0.4 is 5.32 Å². The number of hydrogen-bond donors (Lipinski definition) is 1. The van der Waals surface area contributed by atoms with E-state index >= 15 is 0 Å². The molecule has 222 valence electrons. The van der Waals surface area contributed by atoms with Crippen molar-refractivity contribution in [2.24, 2.45) is 11.8 Å². The molecule has 0 saturated carbocycles. The van der Waals surface area contributed by atoms with Gasteiger partial charge in [-0.1, -0.05) is 52.0 Å². The first kappa shape index (κ1) is 30.8. The number of aryl methyl sites for hydroxylation is 1. The Morgan fingerprint density at radius 2 is 1.54 bits per heavy atom. The fourth-order valence-corrected chi connectivity index (χ4v) is 5.44. The van der Waals surface area contributed by atoms with Gasteiger partial charge in [-0.25, -0.2) is 4.98 Å². The van der Waals surface area contributed by atoms with Gasteiger partial charge in [-0.3, -0.25) is 9.59 Å². The number of carbonyl (C=O) groups is 2. The van der Waals surface area contributed by atoms with E-state index in [2.05, 4.69) is 42.5 Å². The molecule has 7 heteroatoms. The molecule has 2 heterocycles. The van der Waals surface area contributed by atoms with E-state index in [1.807, 2.05) is 47.4 Å². The molecule has 0 radical (unpaired) electrons. The van der Waals surface area contributed by atoms with Crippen LogP contribution in [0.5, 0.6) is 0 Å². The van der Waals surface area contributed by atoms with Crippen LogP contribution >= 0.6 is 0 Å². The van der Waals surface area contributed by atoms with Crippen molar-refractivity contribution in [2.75, 3.05) is 38.0 Å². The van der Waals surface area contributed by atoms with Crippen molar-refractivity contribution < 1.29 is 9.59 Å². The first-order chi connectivity index (χ1) is 19.7. The lowest BCUT2D eigenvalue weighted by Gasteiger charge is -2.25. The zero-order valence-corrected chi connectivity index (χ0v) is 25.8. The molecule has 2 aromatic carbocycles. The highest BCUT2D eigenvalue weighted by molar-refractivity contribution is 5.98.